The Kier molecular flexibility index (Phi) is 5.10. The minimum atomic E-state index is -3.37. The van der Waals surface area contributed by atoms with Gasteiger partial charge in [-0.25, -0.2) is 8.42 Å². The van der Waals surface area contributed by atoms with Crippen LogP contribution in [0.4, 0.5) is 11.4 Å². The maximum Gasteiger partial charge on any atom is 0.270 e. The first-order chi connectivity index (χ1) is 11.2. The van der Waals surface area contributed by atoms with Gasteiger partial charge in [0.2, 0.25) is 10.0 Å². The van der Waals surface area contributed by atoms with Crippen LogP contribution in [0.2, 0.25) is 0 Å². The molecule has 2 rings (SSSR count). The van der Waals surface area contributed by atoms with Crippen LogP contribution in [0.5, 0.6) is 0 Å². The quantitative estimate of drug-likeness (QED) is 0.375. The van der Waals surface area contributed by atoms with Crippen molar-refractivity contribution < 1.29 is 18.1 Å². The lowest BCUT2D eigenvalue weighted by atomic mass is 10.1. The number of ketones is 1. The van der Waals surface area contributed by atoms with E-state index >= 15 is 0 Å². The fourth-order valence-corrected chi connectivity index (χ4v) is 2.49. The number of nitro benzene ring substituents is 1. The summed E-state index contributed by atoms with van der Waals surface area (Å²) in [7, 11) is -3.37. The molecule has 2 aromatic rings. The molecule has 0 atom stereocenters. The normalized spacial score (nSPS) is 11.4. The Balaban J connectivity index is 2.12. The third-order valence-corrected chi connectivity index (χ3v) is 3.59. The molecule has 0 aliphatic rings. The number of hydrogen-bond acceptors (Lipinski definition) is 5. The highest BCUT2D eigenvalue weighted by atomic mass is 32.2. The van der Waals surface area contributed by atoms with Crippen molar-refractivity contribution in [1.29, 1.82) is 0 Å². The Morgan fingerprint density at radius 1 is 1.17 bits per heavy atom. The number of carbonyl (C=O) groups excluding carboxylic acids is 1. The maximum absolute atomic E-state index is 12.1. The van der Waals surface area contributed by atoms with Gasteiger partial charge in [-0.15, -0.1) is 0 Å². The zero-order valence-corrected chi connectivity index (χ0v) is 13.5. The van der Waals surface area contributed by atoms with Gasteiger partial charge in [0.25, 0.3) is 5.69 Å². The molecular formula is C16H14N2O5S. The molecule has 7 nitrogen and oxygen atoms in total. The lowest BCUT2D eigenvalue weighted by Gasteiger charge is -2.03. The molecule has 0 radical (unpaired) electrons. The van der Waals surface area contributed by atoms with Crippen LogP contribution >= 0.6 is 0 Å². The third-order valence-electron chi connectivity index (χ3n) is 2.98. The largest absolute Gasteiger partial charge is 0.289 e. The third kappa shape index (κ3) is 5.03. The number of anilines is 1. The topological polar surface area (TPSA) is 106 Å². The summed E-state index contributed by atoms with van der Waals surface area (Å²) >= 11 is 0. The zero-order chi connectivity index (χ0) is 17.7. The first-order valence-corrected chi connectivity index (χ1v) is 8.68. The lowest BCUT2D eigenvalue weighted by molar-refractivity contribution is -0.384. The number of benzene rings is 2. The monoisotopic (exact) mass is 346 g/mol. The van der Waals surface area contributed by atoms with Gasteiger partial charge in [0.1, 0.15) is 0 Å². The number of nitrogens with zero attached hydrogens (tertiary/aromatic N) is 1. The first kappa shape index (κ1) is 17.4. The summed E-state index contributed by atoms with van der Waals surface area (Å²) in [5, 5.41) is 10.7. The van der Waals surface area contributed by atoms with Crippen molar-refractivity contribution in [2.45, 2.75) is 0 Å². The van der Waals surface area contributed by atoms with E-state index in [9.17, 15) is 23.3 Å². The standard InChI is InChI=1S/C16H14N2O5S/c1-24(22,23)17-14-8-6-13(7-9-14)16(19)10-5-12-3-2-4-15(11-12)18(20)21/h2-11,17H,1H3. The van der Waals surface area contributed by atoms with Crippen LogP contribution in [-0.2, 0) is 10.0 Å². The molecule has 0 saturated heterocycles. The molecule has 1 N–H and O–H groups in total. The number of non-ortho nitro benzene ring substituents is 1. The van der Waals surface area contributed by atoms with Gasteiger partial charge < -0.3 is 0 Å². The van der Waals surface area contributed by atoms with Gasteiger partial charge in [-0.2, -0.15) is 0 Å². The Morgan fingerprint density at radius 3 is 2.42 bits per heavy atom. The Morgan fingerprint density at radius 2 is 1.83 bits per heavy atom. The minimum Gasteiger partial charge on any atom is -0.289 e. The van der Waals surface area contributed by atoms with Crippen LogP contribution in [0.25, 0.3) is 6.08 Å². The molecule has 0 fully saturated rings. The molecule has 24 heavy (non-hydrogen) atoms. The first-order valence-electron chi connectivity index (χ1n) is 6.79. The molecule has 0 aliphatic carbocycles. The highest BCUT2D eigenvalue weighted by Gasteiger charge is 2.06. The molecule has 0 unspecified atom stereocenters. The van der Waals surface area contributed by atoms with Gasteiger partial charge in [-0.3, -0.25) is 19.6 Å². The van der Waals surface area contributed by atoms with Crippen molar-refractivity contribution in [3.05, 3.63) is 75.8 Å². The predicted molar refractivity (Wildman–Crippen MR) is 91.4 cm³/mol. The van der Waals surface area contributed by atoms with Crippen LogP contribution in [0.3, 0.4) is 0 Å². The summed E-state index contributed by atoms with van der Waals surface area (Å²) in [6, 6.07) is 11.9. The van der Waals surface area contributed by atoms with Crippen LogP contribution in [0, 0.1) is 10.1 Å². The summed E-state index contributed by atoms with van der Waals surface area (Å²) in [4.78, 5) is 22.3. The summed E-state index contributed by atoms with van der Waals surface area (Å²) in [6.07, 6.45) is 3.82. The molecule has 0 saturated carbocycles. The van der Waals surface area contributed by atoms with Crippen LogP contribution in [0.15, 0.2) is 54.6 Å². The second-order valence-corrected chi connectivity index (χ2v) is 6.75. The summed E-state index contributed by atoms with van der Waals surface area (Å²) in [5.74, 6) is -0.299. The van der Waals surface area contributed by atoms with E-state index in [4.69, 9.17) is 0 Å². The average Bonchev–Trinajstić information content (AvgIpc) is 2.52. The van der Waals surface area contributed by atoms with E-state index in [0.29, 0.717) is 16.8 Å². The summed E-state index contributed by atoms with van der Waals surface area (Å²) in [6.45, 7) is 0. The van der Waals surface area contributed by atoms with Crippen molar-refractivity contribution in [2.24, 2.45) is 0 Å². The van der Waals surface area contributed by atoms with Gasteiger partial charge in [0, 0.05) is 23.4 Å². The molecule has 124 valence electrons. The molecule has 0 amide bonds. The number of carbonyl (C=O) groups is 1. The van der Waals surface area contributed by atoms with Crippen LogP contribution in [0.1, 0.15) is 15.9 Å². The van der Waals surface area contributed by atoms with E-state index in [1.165, 1.54) is 54.6 Å². The highest BCUT2D eigenvalue weighted by molar-refractivity contribution is 7.92. The Hall–Kier alpha value is -3.00. The van der Waals surface area contributed by atoms with Crippen molar-refractivity contribution in [1.82, 2.24) is 0 Å². The van der Waals surface area contributed by atoms with Crippen molar-refractivity contribution >= 4 is 33.3 Å². The lowest BCUT2D eigenvalue weighted by Crippen LogP contribution is -2.09. The number of hydrogen-bond donors (Lipinski definition) is 1. The van der Waals surface area contributed by atoms with E-state index in [1.807, 2.05) is 0 Å². The maximum atomic E-state index is 12.1. The van der Waals surface area contributed by atoms with E-state index in [2.05, 4.69) is 4.72 Å². The molecule has 0 aliphatic heterocycles. The number of rotatable bonds is 6. The van der Waals surface area contributed by atoms with E-state index in [0.717, 1.165) is 6.26 Å². The van der Waals surface area contributed by atoms with Gasteiger partial charge in [0.05, 0.1) is 11.2 Å². The summed E-state index contributed by atoms with van der Waals surface area (Å²) in [5.41, 5.74) is 1.21. The van der Waals surface area contributed by atoms with Crippen molar-refractivity contribution in [3.63, 3.8) is 0 Å². The van der Waals surface area contributed by atoms with Crippen molar-refractivity contribution in [2.75, 3.05) is 11.0 Å². The smallest absolute Gasteiger partial charge is 0.270 e. The number of nitro groups is 1. The van der Waals surface area contributed by atoms with E-state index in [-0.39, 0.29) is 11.5 Å². The summed E-state index contributed by atoms with van der Waals surface area (Å²) < 4.78 is 24.5. The molecule has 0 heterocycles. The zero-order valence-electron chi connectivity index (χ0n) is 12.7. The van der Waals surface area contributed by atoms with Crippen LogP contribution in [-0.4, -0.2) is 25.4 Å². The van der Waals surface area contributed by atoms with Gasteiger partial charge in [0.15, 0.2) is 5.78 Å². The van der Waals surface area contributed by atoms with E-state index < -0.39 is 14.9 Å². The molecule has 0 spiro atoms. The number of allylic oxidation sites excluding steroid dienone is 1. The molecule has 8 heteroatoms. The second-order valence-electron chi connectivity index (χ2n) is 5.00. The van der Waals surface area contributed by atoms with Gasteiger partial charge in [-0.1, -0.05) is 18.2 Å². The Bertz CT molecular complexity index is 902. The van der Waals surface area contributed by atoms with Crippen molar-refractivity contribution in [3.8, 4) is 0 Å². The predicted octanol–water partition coefficient (Wildman–Crippen LogP) is 2.86. The second kappa shape index (κ2) is 7.05. The fourth-order valence-electron chi connectivity index (χ4n) is 1.93. The SMILES string of the molecule is CS(=O)(=O)Nc1ccc(C(=O)C=Cc2cccc([N+](=O)[O-])c2)cc1. The van der Waals surface area contributed by atoms with Crippen LogP contribution < -0.4 is 4.72 Å². The van der Waals surface area contributed by atoms with Gasteiger partial charge in [-0.05, 0) is 35.9 Å². The number of sulfonamides is 1. The Labute approximate surface area is 138 Å². The number of nitrogens with one attached hydrogen (secondary N) is 1. The minimum absolute atomic E-state index is 0.0548. The highest BCUT2D eigenvalue weighted by Crippen LogP contribution is 2.15. The molecular weight excluding hydrogens is 332 g/mol. The fraction of sp³-hybridized carbons (Fsp3) is 0.0625. The molecule has 0 bridgehead atoms. The van der Waals surface area contributed by atoms with Gasteiger partial charge >= 0.3 is 0 Å². The molecule has 2 aromatic carbocycles. The van der Waals surface area contributed by atoms with E-state index in [1.54, 1.807) is 6.07 Å². The molecule has 0 aromatic heterocycles. The average molecular weight is 346 g/mol.